The van der Waals surface area contributed by atoms with Crippen molar-refractivity contribution in [2.45, 2.75) is 38.8 Å². The van der Waals surface area contributed by atoms with Gasteiger partial charge in [-0.2, -0.15) is 5.10 Å². The number of ether oxygens (including phenoxy) is 2. The predicted molar refractivity (Wildman–Crippen MR) is 99.6 cm³/mol. The van der Waals surface area contributed by atoms with E-state index in [4.69, 9.17) is 14.6 Å². The highest BCUT2D eigenvalue weighted by atomic mass is 19.1. The fourth-order valence-corrected chi connectivity index (χ4v) is 3.07. The van der Waals surface area contributed by atoms with Crippen molar-refractivity contribution in [2.24, 2.45) is 5.92 Å². The Hall–Kier alpha value is -2.92. The summed E-state index contributed by atoms with van der Waals surface area (Å²) in [6.07, 6.45) is 3.59. The van der Waals surface area contributed by atoms with Crippen molar-refractivity contribution in [3.05, 3.63) is 40.3 Å². The Balaban J connectivity index is 2.40. The van der Waals surface area contributed by atoms with Crippen LogP contribution in [0.5, 0.6) is 0 Å². The van der Waals surface area contributed by atoms with E-state index >= 15 is 0 Å². The molecule has 29 heavy (non-hydrogen) atoms. The summed E-state index contributed by atoms with van der Waals surface area (Å²) < 4.78 is 25.3. The van der Waals surface area contributed by atoms with Crippen LogP contribution in [-0.4, -0.2) is 45.0 Å². The molecule has 158 valence electrons. The van der Waals surface area contributed by atoms with Gasteiger partial charge in [-0.1, -0.05) is 6.92 Å². The quantitative estimate of drug-likeness (QED) is 0.340. The number of nitrogens with zero attached hydrogens (tertiary/aromatic N) is 4. The third-order valence-electron chi connectivity index (χ3n) is 4.78. The van der Waals surface area contributed by atoms with Crippen molar-refractivity contribution in [3.63, 3.8) is 0 Å². The molecule has 0 saturated carbocycles. The summed E-state index contributed by atoms with van der Waals surface area (Å²) in [4.78, 5) is 25.9. The molecule has 0 aromatic carbocycles. The van der Waals surface area contributed by atoms with Gasteiger partial charge in [0.2, 0.25) is 5.79 Å². The predicted octanol–water partition coefficient (Wildman–Crippen LogP) is 3.12. The van der Waals surface area contributed by atoms with Crippen LogP contribution in [0.1, 0.15) is 31.9 Å². The molecule has 0 amide bonds. The number of alkyl halides is 1. The van der Waals surface area contributed by atoms with Gasteiger partial charge in [-0.3, -0.25) is 19.9 Å². The van der Waals surface area contributed by atoms with Crippen LogP contribution in [0.15, 0.2) is 24.5 Å². The van der Waals surface area contributed by atoms with Crippen LogP contribution in [0.2, 0.25) is 0 Å². The highest BCUT2D eigenvalue weighted by Gasteiger charge is 2.35. The van der Waals surface area contributed by atoms with Gasteiger partial charge in [-0.25, -0.2) is 9.07 Å². The SMILES string of the molecule is COC(CCC[C@@H](C)C(=O)O)(OC)c1cc(-c2c([N+](=O)[O-])cnn2CF)ccn1. The number of halogens is 1. The number of nitro groups is 1. The lowest BCUT2D eigenvalue weighted by molar-refractivity contribution is -0.384. The number of carbonyl (C=O) groups is 1. The maximum absolute atomic E-state index is 13.3. The molecule has 11 heteroatoms. The highest BCUT2D eigenvalue weighted by Crippen LogP contribution is 2.35. The van der Waals surface area contributed by atoms with Crippen LogP contribution in [0.4, 0.5) is 10.1 Å². The molecule has 10 nitrogen and oxygen atoms in total. The van der Waals surface area contributed by atoms with E-state index in [1.54, 1.807) is 6.92 Å². The van der Waals surface area contributed by atoms with Crippen molar-refractivity contribution in [3.8, 4) is 11.3 Å². The van der Waals surface area contributed by atoms with Crippen LogP contribution < -0.4 is 0 Å². The van der Waals surface area contributed by atoms with Crippen molar-refractivity contribution in [2.75, 3.05) is 14.2 Å². The minimum Gasteiger partial charge on any atom is -0.481 e. The van der Waals surface area contributed by atoms with Gasteiger partial charge >= 0.3 is 11.7 Å². The van der Waals surface area contributed by atoms with Crippen molar-refractivity contribution < 1.29 is 28.7 Å². The lowest BCUT2D eigenvalue weighted by Crippen LogP contribution is -2.32. The number of hydrogen-bond acceptors (Lipinski definition) is 7. The minimum atomic E-state index is -1.29. The molecule has 0 radical (unpaired) electrons. The Bertz CT molecular complexity index is 868. The number of carboxylic acids is 1. The van der Waals surface area contributed by atoms with Crippen LogP contribution in [-0.2, 0) is 26.9 Å². The lowest BCUT2D eigenvalue weighted by atomic mass is 9.97. The molecule has 0 spiro atoms. The van der Waals surface area contributed by atoms with Gasteiger partial charge in [-0.15, -0.1) is 0 Å². The summed E-state index contributed by atoms with van der Waals surface area (Å²) in [6.45, 7) is 0.577. The number of carboxylic acid groups (broad SMARTS) is 1. The van der Waals surface area contributed by atoms with Gasteiger partial charge < -0.3 is 14.6 Å². The Morgan fingerprint density at radius 3 is 2.69 bits per heavy atom. The van der Waals surface area contributed by atoms with Gasteiger partial charge in [0.15, 0.2) is 6.80 Å². The number of methoxy groups -OCH3 is 2. The first kappa shape index (κ1) is 22.4. The lowest BCUT2D eigenvalue weighted by Gasteiger charge is -2.30. The fourth-order valence-electron chi connectivity index (χ4n) is 3.07. The summed E-state index contributed by atoms with van der Waals surface area (Å²) in [5.41, 5.74) is 0.315. The van der Waals surface area contributed by atoms with Gasteiger partial charge in [0, 0.05) is 32.4 Å². The highest BCUT2D eigenvalue weighted by molar-refractivity contribution is 5.70. The number of aromatic nitrogens is 3. The average Bonchev–Trinajstić information content (AvgIpc) is 3.16. The molecule has 0 saturated heterocycles. The maximum Gasteiger partial charge on any atom is 0.315 e. The molecule has 2 rings (SSSR count). The molecule has 0 aliphatic carbocycles. The maximum atomic E-state index is 13.3. The van der Waals surface area contributed by atoms with Crippen LogP contribution in [0.25, 0.3) is 11.3 Å². The van der Waals surface area contributed by atoms with E-state index in [1.165, 1.54) is 32.5 Å². The molecule has 0 aliphatic rings. The van der Waals surface area contributed by atoms with E-state index < -0.39 is 29.4 Å². The largest absolute Gasteiger partial charge is 0.481 e. The van der Waals surface area contributed by atoms with E-state index in [9.17, 15) is 19.3 Å². The third kappa shape index (κ3) is 4.74. The van der Waals surface area contributed by atoms with Gasteiger partial charge in [-0.05, 0) is 25.0 Å². The molecule has 2 aromatic heterocycles. The number of pyridine rings is 1. The third-order valence-corrected chi connectivity index (χ3v) is 4.78. The molecule has 0 fully saturated rings. The molecule has 2 heterocycles. The second kappa shape index (κ2) is 9.52. The topological polar surface area (TPSA) is 130 Å². The number of rotatable bonds is 11. The van der Waals surface area contributed by atoms with Crippen LogP contribution in [0, 0.1) is 16.0 Å². The van der Waals surface area contributed by atoms with Gasteiger partial charge in [0.25, 0.3) is 0 Å². The normalized spacial score (nSPS) is 12.7. The summed E-state index contributed by atoms with van der Waals surface area (Å²) >= 11 is 0. The Kier molecular flexibility index (Phi) is 7.35. The minimum absolute atomic E-state index is 0.00163. The molecule has 0 bridgehead atoms. The number of aliphatic carboxylic acids is 1. The molecule has 1 atom stereocenters. The van der Waals surface area contributed by atoms with E-state index in [0.717, 1.165) is 10.9 Å². The Morgan fingerprint density at radius 1 is 1.45 bits per heavy atom. The van der Waals surface area contributed by atoms with E-state index in [2.05, 4.69) is 10.1 Å². The summed E-state index contributed by atoms with van der Waals surface area (Å²) in [6, 6.07) is 3.02. The van der Waals surface area contributed by atoms with E-state index in [-0.39, 0.29) is 11.4 Å². The van der Waals surface area contributed by atoms with E-state index in [1.807, 2.05) is 0 Å². The standard InChI is InChI=1S/C18H23FN4O6/c1-12(17(24)25)5-4-7-18(28-2,29-3)15-9-13(6-8-20-15)16-14(23(26)27)10-21-22(16)11-19/h6,8-10,12H,4-5,7,11H2,1-3H3,(H,24,25)/t12-/m1/s1. The zero-order valence-electron chi connectivity index (χ0n) is 16.4. The van der Waals surface area contributed by atoms with Crippen LogP contribution in [0.3, 0.4) is 0 Å². The summed E-state index contributed by atoms with van der Waals surface area (Å²) in [7, 11) is 2.85. The Labute approximate surface area is 166 Å². The first-order valence-electron chi connectivity index (χ1n) is 8.85. The van der Waals surface area contributed by atoms with Crippen molar-refractivity contribution >= 4 is 11.7 Å². The van der Waals surface area contributed by atoms with E-state index in [0.29, 0.717) is 30.5 Å². The summed E-state index contributed by atoms with van der Waals surface area (Å²) in [5, 5.41) is 24.0. The summed E-state index contributed by atoms with van der Waals surface area (Å²) in [5.74, 6) is -2.71. The molecule has 2 aromatic rings. The van der Waals surface area contributed by atoms with Crippen molar-refractivity contribution in [1.82, 2.24) is 14.8 Å². The van der Waals surface area contributed by atoms with Gasteiger partial charge in [0.05, 0.1) is 10.8 Å². The molecule has 0 unspecified atom stereocenters. The molecule has 0 aliphatic heterocycles. The smallest absolute Gasteiger partial charge is 0.315 e. The van der Waals surface area contributed by atoms with Crippen LogP contribution >= 0.6 is 0 Å². The second-order valence-corrected chi connectivity index (χ2v) is 6.48. The Morgan fingerprint density at radius 2 is 2.14 bits per heavy atom. The van der Waals surface area contributed by atoms with Gasteiger partial charge in [0.1, 0.15) is 17.6 Å². The molecular weight excluding hydrogens is 387 g/mol. The molecule has 1 N–H and O–H groups in total. The zero-order chi connectivity index (χ0) is 21.6. The zero-order valence-corrected chi connectivity index (χ0v) is 16.4. The fraction of sp³-hybridized carbons (Fsp3) is 0.500. The monoisotopic (exact) mass is 410 g/mol. The number of hydrogen-bond donors (Lipinski definition) is 1. The van der Waals surface area contributed by atoms with Crippen molar-refractivity contribution in [1.29, 1.82) is 0 Å². The molecular formula is C18H23FN4O6. The first-order valence-corrected chi connectivity index (χ1v) is 8.85. The second-order valence-electron chi connectivity index (χ2n) is 6.48. The average molecular weight is 410 g/mol. The first-order chi connectivity index (χ1) is 13.8.